The maximum atomic E-state index is 13.5. The van der Waals surface area contributed by atoms with Gasteiger partial charge in [0.25, 0.3) is 0 Å². The van der Waals surface area contributed by atoms with E-state index in [1.165, 1.54) is 5.56 Å². The Hall–Kier alpha value is -2.34. The van der Waals surface area contributed by atoms with Gasteiger partial charge >= 0.3 is 0 Å². The summed E-state index contributed by atoms with van der Waals surface area (Å²) in [5.74, 6) is -0.281. The van der Waals surface area contributed by atoms with Gasteiger partial charge in [-0.1, -0.05) is 57.7 Å². The van der Waals surface area contributed by atoms with Gasteiger partial charge in [0, 0.05) is 24.8 Å². The van der Waals surface area contributed by atoms with Crippen molar-refractivity contribution in [3.8, 4) is 0 Å². The number of rotatable bonds is 10. The molecule has 172 valence electrons. The first-order valence-corrected chi connectivity index (χ1v) is 11.5. The largest absolute Gasteiger partial charge is 0.367 e. The summed E-state index contributed by atoms with van der Waals surface area (Å²) in [6.07, 6.45) is 2.46. The number of nitrogens with two attached hydrogens (primary N) is 1. The van der Waals surface area contributed by atoms with Crippen LogP contribution >= 0.6 is 0 Å². The van der Waals surface area contributed by atoms with Crippen molar-refractivity contribution in [1.29, 1.82) is 0 Å². The Kier molecular flexibility index (Phi) is 9.11. The average molecular weight is 429 g/mol. The van der Waals surface area contributed by atoms with Crippen LogP contribution in [-0.2, 0) is 9.59 Å². The van der Waals surface area contributed by atoms with Crippen LogP contribution in [0.2, 0.25) is 0 Å². The third-order valence-electron chi connectivity index (χ3n) is 6.31. The molecular formula is C25H40N4O2. The molecule has 0 saturated carbocycles. The minimum atomic E-state index is -0.589. The third kappa shape index (κ3) is 6.33. The van der Waals surface area contributed by atoms with Crippen molar-refractivity contribution < 1.29 is 9.59 Å². The highest BCUT2D eigenvalue weighted by Gasteiger charge is 2.37. The van der Waals surface area contributed by atoms with Gasteiger partial charge in [-0.05, 0) is 44.6 Å². The number of hydrogen-bond acceptors (Lipinski definition) is 4. The third-order valence-corrected chi connectivity index (χ3v) is 6.31. The monoisotopic (exact) mass is 428 g/mol. The van der Waals surface area contributed by atoms with E-state index in [1.807, 2.05) is 50.8 Å². The van der Waals surface area contributed by atoms with Gasteiger partial charge in [0.1, 0.15) is 6.04 Å². The van der Waals surface area contributed by atoms with E-state index < -0.39 is 12.1 Å². The van der Waals surface area contributed by atoms with Crippen LogP contribution in [-0.4, -0.2) is 52.8 Å². The van der Waals surface area contributed by atoms with Gasteiger partial charge < -0.3 is 20.9 Å². The molecule has 4 atom stereocenters. The van der Waals surface area contributed by atoms with Gasteiger partial charge in [-0.2, -0.15) is 0 Å². The van der Waals surface area contributed by atoms with E-state index in [1.54, 1.807) is 0 Å². The van der Waals surface area contributed by atoms with Gasteiger partial charge in [0.05, 0.1) is 12.1 Å². The number of nitrogens with zero attached hydrogens (tertiary/aromatic N) is 2. The van der Waals surface area contributed by atoms with Gasteiger partial charge in [-0.15, -0.1) is 0 Å². The number of amides is 2. The summed E-state index contributed by atoms with van der Waals surface area (Å²) in [6, 6.07) is 9.47. The van der Waals surface area contributed by atoms with E-state index in [4.69, 9.17) is 5.73 Å². The lowest BCUT2D eigenvalue weighted by molar-refractivity contribution is -0.139. The maximum Gasteiger partial charge on any atom is 0.245 e. The predicted molar refractivity (Wildman–Crippen MR) is 126 cm³/mol. The summed E-state index contributed by atoms with van der Waals surface area (Å²) in [5, 5.41) is 2.90. The molecule has 3 N–H and O–H groups in total. The van der Waals surface area contributed by atoms with E-state index in [-0.39, 0.29) is 29.8 Å². The van der Waals surface area contributed by atoms with Crippen LogP contribution in [0, 0.1) is 5.92 Å². The van der Waals surface area contributed by atoms with Crippen molar-refractivity contribution in [2.24, 2.45) is 11.7 Å². The lowest BCUT2D eigenvalue weighted by Crippen LogP contribution is -2.56. The number of hydrogen-bond donors (Lipinski definition) is 2. The number of carbonyl (C=O) groups is 2. The second kappa shape index (κ2) is 11.3. The van der Waals surface area contributed by atoms with E-state index in [2.05, 4.69) is 35.9 Å². The van der Waals surface area contributed by atoms with Crippen LogP contribution < -0.4 is 11.1 Å². The molecule has 1 aliphatic heterocycles. The highest BCUT2D eigenvalue weighted by Crippen LogP contribution is 2.28. The molecule has 1 fully saturated rings. The Bertz CT molecular complexity index is 749. The Morgan fingerprint density at radius 3 is 2.45 bits per heavy atom. The van der Waals surface area contributed by atoms with Crippen LogP contribution in [0.5, 0.6) is 0 Å². The number of benzene rings is 1. The zero-order valence-electron chi connectivity index (χ0n) is 19.8. The highest BCUT2D eigenvalue weighted by atomic mass is 16.2. The van der Waals surface area contributed by atoms with Crippen molar-refractivity contribution >= 4 is 11.8 Å². The summed E-state index contributed by atoms with van der Waals surface area (Å²) >= 11 is 0. The molecule has 0 aromatic heterocycles. The summed E-state index contributed by atoms with van der Waals surface area (Å²) in [4.78, 5) is 30.1. The summed E-state index contributed by atoms with van der Waals surface area (Å²) in [5.41, 5.74) is 8.09. The molecule has 0 radical (unpaired) electrons. The lowest BCUT2D eigenvalue weighted by atomic mass is 10.0. The molecule has 0 spiro atoms. The molecule has 0 bridgehead atoms. The van der Waals surface area contributed by atoms with Crippen molar-refractivity contribution in [2.75, 3.05) is 13.1 Å². The summed E-state index contributed by atoms with van der Waals surface area (Å²) < 4.78 is 0. The SMILES string of the molecule is C=C(C)N(C[C@@H]1CCCN1C(=O)[C@@H](NC(=O)[C@@H](N)CC)C(C)C)[C@H](C)c1ccccc1. The molecule has 2 rings (SSSR count). The molecule has 2 amide bonds. The molecule has 0 aliphatic carbocycles. The zero-order valence-corrected chi connectivity index (χ0v) is 19.8. The van der Waals surface area contributed by atoms with Crippen LogP contribution in [0.15, 0.2) is 42.6 Å². The van der Waals surface area contributed by atoms with E-state index in [9.17, 15) is 9.59 Å². The molecule has 1 aliphatic rings. The quantitative estimate of drug-likeness (QED) is 0.598. The molecule has 1 aromatic carbocycles. The first kappa shape index (κ1) is 24.9. The second-order valence-electron chi connectivity index (χ2n) is 9.05. The fraction of sp³-hybridized carbons (Fsp3) is 0.600. The van der Waals surface area contributed by atoms with Crippen molar-refractivity contribution in [2.45, 2.75) is 78.0 Å². The van der Waals surface area contributed by atoms with Crippen LogP contribution in [0.4, 0.5) is 0 Å². The van der Waals surface area contributed by atoms with E-state index >= 15 is 0 Å². The lowest BCUT2D eigenvalue weighted by Gasteiger charge is -2.38. The van der Waals surface area contributed by atoms with Crippen LogP contribution in [0.1, 0.15) is 65.5 Å². The fourth-order valence-corrected chi connectivity index (χ4v) is 4.24. The van der Waals surface area contributed by atoms with Crippen LogP contribution in [0.25, 0.3) is 0 Å². The Morgan fingerprint density at radius 1 is 1.26 bits per heavy atom. The van der Waals surface area contributed by atoms with E-state index in [0.29, 0.717) is 13.0 Å². The number of allylic oxidation sites excluding steroid dienone is 1. The van der Waals surface area contributed by atoms with E-state index in [0.717, 1.165) is 25.1 Å². The normalized spacial score (nSPS) is 19.1. The van der Waals surface area contributed by atoms with Crippen molar-refractivity contribution in [3.63, 3.8) is 0 Å². The zero-order chi connectivity index (χ0) is 23.1. The number of likely N-dealkylation sites (tertiary alicyclic amines) is 1. The molecular weight excluding hydrogens is 388 g/mol. The van der Waals surface area contributed by atoms with Crippen LogP contribution in [0.3, 0.4) is 0 Å². The van der Waals surface area contributed by atoms with Gasteiger partial charge in [-0.3, -0.25) is 9.59 Å². The minimum Gasteiger partial charge on any atom is -0.367 e. The predicted octanol–water partition coefficient (Wildman–Crippen LogP) is 3.45. The van der Waals surface area contributed by atoms with Gasteiger partial charge in [-0.25, -0.2) is 0 Å². The maximum absolute atomic E-state index is 13.5. The summed E-state index contributed by atoms with van der Waals surface area (Å²) in [7, 11) is 0. The summed E-state index contributed by atoms with van der Waals surface area (Å²) in [6.45, 7) is 15.6. The average Bonchev–Trinajstić information content (AvgIpc) is 3.22. The molecule has 1 saturated heterocycles. The highest BCUT2D eigenvalue weighted by molar-refractivity contribution is 5.90. The topological polar surface area (TPSA) is 78.7 Å². The van der Waals surface area contributed by atoms with Crippen molar-refractivity contribution in [3.05, 3.63) is 48.2 Å². The fourth-order valence-electron chi connectivity index (χ4n) is 4.24. The molecule has 1 aromatic rings. The Balaban J connectivity index is 2.16. The molecule has 1 heterocycles. The van der Waals surface area contributed by atoms with Gasteiger partial charge in [0.2, 0.25) is 11.8 Å². The van der Waals surface area contributed by atoms with Crippen molar-refractivity contribution in [1.82, 2.24) is 15.1 Å². The number of carbonyl (C=O) groups excluding carboxylic acids is 2. The minimum absolute atomic E-state index is 0.0109. The Labute approximate surface area is 187 Å². The molecule has 6 heteroatoms. The molecule has 0 unspecified atom stereocenters. The smallest absolute Gasteiger partial charge is 0.245 e. The first-order valence-electron chi connectivity index (χ1n) is 11.5. The Morgan fingerprint density at radius 2 is 1.90 bits per heavy atom. The van der Waals surface area contributed by atoms with Gasteiger partial charge in [0.15, 0.2) is 0 Å². The second-order valence-corrected chi connectivity index (χ2v) is 9.05. The number of nitrogens with one attached hydrogen (secondary N) is 1. The standard InChI is InChI=1S/C25H40N4O2/c1-7-22(26)24(30)27-23(17(2)3)25(31)28-15-11-14-21(28)16-29(18(4)5)19(6)20-12-9-8-10-13-20/h8-10,12-13,17,19,21-23H,4,7,11,14-16,26H2,1-3,5-6H3,(H,27,30)/t19-,21+,22+,23+/m1/s1. The molecule has 31 heavy (non-hydrogen) atoms. The first-order chi connectivity index (χ1) is 14.7. The molecule has 6 nitrogen and oxygen atoms in total.